The molecule has 0 radical (unpaired) electrons. The van der Waals surface area contributed by atoms with E-state index in [4.69, 9.17) is 5.11 Å². The van der Waals surface area contributed by atoms with E-state index in [-0.39, 0.29) is 6.04 Å². The van der Waals surface area contributed by atoms with Gasteiger partial charge in [0, 0.05) is 12.6 Å². The van der Waals surface area contributed by atoms with Crippen molar-refractivity contribution in [2.24, 2.45) is 0 Å². The second-order valence-corrected chi connectivity index (χ2v) is 5.39. The van der Waals surface area contributed by atoms with E-state index in [0.717, 1.165) is 19.3 Å². The number of hydrogen-bond donors (Lipinski definition) is 1. The van der Waals surface area contributed by atoms with Gasteiger partial charge in [-0.3, -0.25) is 4.79 Å². The Labute approximate surface area is 83.8 Å². The van der Waals surface area contributed by atoms with Gasteiger partial charge in [-0.05, 0) is 19.3 Å². The minimum atomic E-state index is -3.59. The maximum Gasteiger partial charge on any atom is 0.320 e. The number of hydrogen-bond acceptors (Lipinski definition) is 3. The fourth-order valence-electron chi connectivity index (χ4n) is 1.82. The highest BCUT2D eigenvalue weighted by atomic mass is 32.2. The minimum absolute atomic E-state index is 0.000602. The summed E-state index contributed by atoms with van der Waals surface area (Å²) in [6.07, 6.45) is 2.42. The van der Waals surface area contributed by atoms with Crippen LogP contribution in [-0.2, 0) is 14.8 Å². The third-order valence-corrected chi connectivity index (χ3v) is 4.26. The molecule has 0 aromatic heterocycles. The summed E-state index contributed by atoms with van der Waals surface area (Å²) >= 11 is 0. The second-order valence-electron chi connectivity index (χ2n) is 3.46. The Morgan fingerprint density at radius 2 is 2.21 bits per heavy atom. The van der Waals surface area contributed by atoms with Crippen LogP contribution in [0.2, 0.25) is 0 Å². The fourth-order valence-corrected chi connectivity index (χ4v) is 3.42. The minimum Gasteiger partial charge on any atom is -0.480 e. The summed E-state index contributed by atoms with van der Waals surface area (Å²) < 4.78 is 24.4. The molecule has 5 nitrogen and oxygen atoms in total. The SMILES string of the molecule is CCC1CCCN1S(=O)(=O)CC(=O)O. The molecule has 0 amide bonds. The molecule has 1 heterocycles. The average molecular weight is 221 g/mol. The third-order valence-electron chi connectivity index (χ3n) is 2.46. The summed E-state index contributed by atoms with van der Waals surface area (Å²) in [5, 5.41) is 8.46. The smallest absolute Gasteiger partial charge is 0.320 e. The van der Waals surface area contributed by atoms with Gasteiger partial charge in [-0.25, -0.2) is 8.42 Å². The van der Waals surface area contributed by atoms with Gasteiger partial charge in [-0.1, -0.05) is 6.92 Å². The Morgan fingerprint density at radius 3 is 2.71 bits per heavy atom. The first-order valence-electron chi connectivity index (χ1n) is 4.68. The Morgan fingerprint density at radius 1 is 1.57 bits per heavy atom. The normalized spacial score (nSPS) is 23.9. The molecule has 0 aromatic carbocycles. The van der Waals surface area contributed by atoms with Crippen LogP contribution in [0, 0.1) is 0 Å². The monoisotopic (exact) mass is 221 g/mol. The van der Waals surface area contributed by atoms with E-state index >= 15 is 0 Å². The van der Waals surface area contributed by atoms with Crippen molar-refractivity contribution in [1.82, 2.24) is 4.31 Å². The number of sulfonamides is 1. The van der Waals surface area contributed by atoms with Crippen LogP contribution in [0.4, 0.5) is 0 Å². The van der Waals surface area contributed by atoms with Gasteiger partial charge in [0.1, 0.15) is 0 Å². The number of carbonyl (C=O) groups is 1. The fraction of sp³-hybridized carbons (Fsp3) is 0.875. The van der Waals surface area contributed by atoms with Crippen molar-refractivity contribution in [3.63, 3.8) is 0 Å². The van der Waals surface area contributed by atoms with Crippen LogP contribution in [0.15, 0.2) is 0 Å². The van der Waals surface area contributed by atoms with E-state index < -0.39 is 21.7 Å². The van der Waals surface area contributed by atoms with Crippen LogP contribution in [0.25, 0.3) is 0 Å². The molecule has 1 fully saturated rings. The Bertz CT molecular complexity index is 311. The zero-order valence-electron chi connectivity index (χ0n) is 8.14. The molecular formula is C8H15NO4S. The van der Waals surface area contributed by atoms with E-state index in [1.165, 1.54) is 4.31 Å². The molecular weight excluding hydrogens is 206 g/mol. The first kappa shape index (κ1) is 11.5. The highest BCUT2D eigenvalue weighted by Crippen LogP contribution is 2.23. The first-order chi connectivity index (χ1) is 6.47. The van der Waals surface area contributed by atoms with Gasteiger partial charge in [-0.15, -0.1) is 0 Å². The first-order valence-corrected chi connectivity index (χ1v) is 6.29. The Hall–Kier alpha value is -0.620. The van der Waals surface area contributed by atoms with Gasteiger partial charge in [-0.2, -0.15) is 4.31 Å². The van der Waals surface area contributed by atoms with Crippen molar-refractivity contribution in [2.75, 3.05) is 12.3 Å². The van der Waals surface area contributed by atoms with Gasteiger partial charge in [0.15, 0.2) is 5.75 Å². The maximum atomic E-state index is 11.6. The summed E-state index contributed by atoms with van der Waals surface area (Å²) in [7, 11) is -3.59. The van der Waals surface area contributed by atoms with Crippen molar-refractivity contribution in [3.8, 4) is 0 Å². The topological polar surface area (TPSA) is 74.7 Å². The van der Waals surface area contributed by atoms with Gasteiger partial charge in [0.05, 0.1) is 0 Å². The molecule has 1 N–H and O–H groups in total. The van der Waals surface area contributed by atoms with Crippen LogP contribution in [0.3, 0.4) is 0 Å². The lowest BCUT2D eigenvalue weighted by molar-refractivity contribution is -0.134. The zero-order chi connectivity index (χ0) is 10.8. The summed E-state index contributed by atoms with van der Waals surface area (Å²) in [5.41, 5.74) is 0. The summed E-state index contributed by atoms with van der Waals surface area (Å²) in [4.78, 5) is 10.4. The van der Waals surface area contributed by atoms with Crippen LogP contribution in [0.5, 0.6) is 0 Å². The lowest BCUT2D eigenvalue weighted by atomic mass is 10.2. The molecule has 1 saturated heterocycles. The number of carboxylic acid groups (broad SMARTS) is 1. The molecule has 82 valence electrons. The molecule has 1 aliphatic heterocycles. The lowest BCUT2D eigenvalue weighted by Crippen LogP contribution is -2.38. The number of aliphatic carboxylic acids is 1. The van der Waals surface area contributed by atoms with E-state index in [1.54, 1.807) is 0 Å². The van der Waals surface area contributed by atoms with E-state index in [2.05, 4.69) is 0 Å². The van der Waals surface area contributed by atoms with Gasteiger partial charge >= 0.3 is 5.97 Å². The largest absolute Gasteiger partial charge is 0.480 e. The predicted molar refractivity (Wildman–Crippen MR) is 51.4 cm³/mol. The quantitative estimate of drug-likeness (QED) is 0.739. The van der Waals surface area contributed by atoms with Gasteiger partial charge in [0.25, 0.3) is 0 Å². The maximum absolute atomic E-state index is 11.6. The van der Waals surface area contributed by atoms with Crippen molar-refractivity contribution < 1.29 is 18.3 Å². The second kappa shape index (κ2) is 4.27. The predicted octanol–water partition coefficient (Wildman–Crippen LogP) is 0.275. The standard InChI is InChI=1S/C8H15NO4S/c1-2-7-4-3-5-9(7)14(12,13)6-8(10)11/h7H,2-6H2,1H3,(H,10,11). The Balaban J connectivity index is 2.76. The molecule has 0 saturated carbocycles. The number of carboxylic acids is 1. The molecule has 0 spiro atoms. The van der Waals surface area contributed by atoms with Gasteiger partial charge in [0.2, 0.25) is 10.0 Å². The molecule has 1 rings (SSSR count). The highest BCUT2D eigenvalue weighted by molar-refractivity contribution is 7.89. The van der Waals surface area contributed by atoms with E-state index in [1.807, 2.05) is 6.92 Å². The Kier molecular flexibility index (Phi) is 3.49. The average Bonchev–Trinajstić information content (AvgIpc) is 2.48. The molecule has 14 heavy (non-hydrogen) atoms. The summed E-state index contributed by atoms with van der Waals surface area (Å²) in [6.45, 7) is 2.38. The summed E-state index contributed by atoms with van der Waals surface area (Å²) in [5.74, 6) is -2.07. The molecule has 1 aliphatic rings. The van der Waals surface area contributed by atoms with Crippen molar-refractivity contribution in [3.05, 3.63) is 0 Å². The van der Waals surface area contributed by atoms with Crippen molar-refractivity contribution in [1.29, 1.82) is 0 Å². The van der Waals surface area contributed by atoms with Crippen LogP contribution < -0.4 is 0 Å². The van der Waals surface area contributed by atoms with Crippen molar-refractivity contribution in [2.45, 2.75) is 32.2 Å². The lowest BCUT2D eigenvalue weighted by Gasteiger charge is -2.21. The van der Waals surface area contributed by atoms with E-state index in [0.29, 0.717) is 6.54 Å². The molecule has 0 aromatic rings. The molecule has 1 unspecified atom stereocenters. The molecule has 0 aliphatic carbocycles. The third kappa shape index (κ3) is 2.45. The number of rotatable bonds is 4. The number of nitrogens with zero attached hydrogens (tertiary/aromatic N) is 1. The molecule has 1 atom stereocenters. The van der Waals surface area contributed by atoms with Gasteiger partial charge < -0.3 is 5.11 Å². The van der Waals surface area contributed by atoms with Crippen molar-refractivity contribution >= 4 is 16.0 Å². The summed E-state index contributed by atoms with van der Waals surface area (Å²) in [6, 6.07) is -0.000602. The zero-order valence-corrected chi connectivity index (χ0v) is 8.96. The van der Waals surface area contributed by atoms with Crippen LogP contribution >= 0.6 is 0 Å². The van der Waals surface area contributed by atoms with E-state index in [9.17, 15) is 13.2 Å². The van der Waals surface area contributed by atoms with Crippen LogP contribution in [-0.4, -0.2) is 42.1 Å². The molecule has 0 bridgehead atoms. The highest BCUT2D eigenvalue weighted by Gasteiger charge is 2.34. The molecule has 6 heteroatoms. The van der Waals surface area contributed by atoms with Crippen LogP contribution in [0.1, 0.15) is 26.2 Å².